The van der Waals surface area contributed by atoms with Crippen molar-refractivity contribution >= 4 is 34.4 Å². The predicted molar refractivity (Wildman–Crippen MR) is 57.1 cm³/mol. The highest BCUT2D eigenvalue weighted by atomic mass is 127. The van der Waals surface area contributed by atoms with Gasteiger partial charge in [0.05, 0.1) is 11.1 Å². The maximum Gasteiger partial charge on any atom is 0.388 e. The molecule has 1 amide bonds. The Morgan fingerprint density at radius 2 is 2.13 bits per heavy atom. The van der Waals surface area contributed by atoms with E-state index in [1.807, 2.05) is 22.6 Å². The summed E-state index contributed by atoms with van der Waals surface area (Å²) in [6.07, 6.45) is 0. The lowest BCUT2D eigenvalue weighted by Gasteiger charge is -2.05. The number of carbonyl (C=O) groups is 1. The molecule has 78 valence electrons. The van der Waals surface area contributed by atoms with E-state index in [0.717, 1.165) is 0 Å². The highest BCUT2D eigenvalue weighted by Gasteiger charge is 2.28. The molecule has 6 heteroatoms. The molecular formula is C9H4F2INO2. The number of alkyl halides is 2. The number of carbonyl (C=O) groups excluding carboxylic acids is 1. The Labute approximate surface area is 97.3 Å². The summed E-state index contributed by atoms with van der Waals surface area (Å²) in [7, 11) is 0. The molecule has 0 aromatic heterocycles. The van der Waals surface area contributed by atoms with Crippen molar-refractivity contribution in [3.63, 3.8) is 0 Å². The first-order chi connectivity index (χ1) is 7.09. The Balaban J connectivity index is 2.48. The van der Waals surface area contributed by atoms with Gasteiger partial charge in [-0.15, -0.1) is 0 Å². The Morgan fingerprint density at radius 3 is 2.80 bits per heavy atom. The molecule has 0 aliphatic carbocycles. The molecule has 0 saturated heterocycles. The summed E-state index contributed by atoms with van der Waals surface area (Å²) in [5.74, 6) is -0.839. The van der Waals surface area contributed by atoms with Crippen molar-refractivity contribution in [2.75, 3.05) is 0 Å². The minimum atomic E-state index is -2.97. The molecule has 1 aliphatic rings. The van der Waals surface area contributed by atoms with Gasteiger partial charge < -0.3 is 4.74 Å². The van der Waals surface area contributed by atoms with Crippen LogP contribution in [-0.2, 0) is 4.74 Å². The van der Waals surface area contributed by atoms with Gasteiger partial charge in [0.2, 0.25) is 5.90 Å². The number of aliphatic imine (C=N–C) groups is 1. The number of rotatable bonds is 1. The summed E-state index contributed by atoms with van der Waals surface area (Å²) in [5.41, 5.74) is 0.654. The third-order valence-electron chi connectivity index (χ3n) is 1.86. The average molecular weight is 323 g/mol. The Morgan fingerprint density at radius 1 is 1.40 bits per heavy atom. The first-order valence-corrected chi connectivity index (χ1v) is 5.04. The second-order valence-electron chi connectivity index (χ2n) is 2.76. The number of hydrogen-bond acceptors (Lipinski definition) is 2. The van der Waals surface area contributed by atoms with Crippen molar-refractivity contribution in [1.82, 2.24) is 0 Å². The van der Waals surface area contributed by atoms with Crippen LogP contribution in [-0.4, -0.2) is 18.4 Å². The van der Waals surface area contributed by atoms with Crippen molar-refractivity contribution in [3.05, 3.63) is 32.9 Å². The molecule has 1 heterocycles. The summed E-state index contributed by atoms with van der Waals surface area (Å²) < 4.78 is 28.9. The lowest BCUT2D eigenvalue weighted by molar-refractivity contribution is -0.0594. The average Bonchev–Trinajstić information content (AvgIpc) is 2.44. The van der Waals surface area contributed by atoms with Crippen LogP contribution in [0.5, 0.6) is 0 Å². The zero-order valence-corrected chi connectivity index (χ0v) is 9.36. The Hall–Kier alpha value is -1.05. The molecule has 0 radical (unpaired) electrons. The van der Waals surface area contributed by atoms with E-state index in [1.54, 1.807) is 12.1 Å². The Bertz CT molecular complexity index is 459. The highest BCUT2D eigenvalue weighted by molar-refractivity contribution is 14.1. The standard InChI is InChI=1S/C9H4F2INO2/c10-9(11)15-8-6-4(7(14)13-8)2-1-3-5(6)12/h1-3,9H. The van der Waals surface area contributed by atoms with Gasteiger partial charge in [0.1, 0.15) is 0 Å². The number of amides is 1. The number of hydrogen-bond donors (Lipinski definition) is 0. The fraction of sp³-hybridized carbons (Fsp3) is 0.111. The van der Waals surface area contributed by atoms with Crippen LogP contribution in [0.1, 0.15) is 15.9 Å². The molecule has 1 aliphatic heterocycles. The lowest BCUT2D eigenvalue weighted by Crippen LogP contribution is -2.10. The molecule has 15 heavy (non-hydrogen) atoms. The quantitative estimate of drug-likeness (QED) is 0.745. The summed E-state index contributed by atoms with van der Waals surface area (Å²) >= 11 is 1.94. The zero-order chi connectivity index (χ0) is 11.0. The summed E-state index contributed by atoms with van der Waals surface area (Å²) in [4.78, 5) is 14.7. The fourth-order valence-electron chi connectivity index (χ4n) is 1.30. The number of fused-ring (bicyclic) bond motifs is 1. The molecule has 2 rings (SSSR count). The molecule has 3 nitrogen and oxygen atoms in total. The Kier molecular flexibility index (Phi) is 2.68. The van der Waals surface area contributed by atoms with E-state index >= 15 is 0 Å². The van der Waals surface area contributed by atoms with E-state index in [2.05, 4.69) is 9.73 Å². The van der Waals surface area contributed by atoms with Crippen LogP contribution in [0.3, 0.4) is 0 Å². The smallest absolute Gasteiger partial charge is 0.388 e. The summed E-state index contributed by atoms with van der Waals surface area (Å²) in [6.45, 7) is -2.97. The largest absolute Gasteiger partial charge is 0.416 e. The van der Waals surface area contributed by atoms with E-state index < -0.39 is 12.5 Å². The van der Waals surface area contributed by atoms with Crippen molar-refractivity contribution < 1.29 is 18.3 Å². The molecular weight excluding hydrogens is 319 g/mol. The monoisotopic (exact) mass is 323 g/mol. The first kappa shape index (κ1) is 10.5. The fourth-order valence-corrected chi connectivity index (χ4v) is 2.03. The van der Waals surface area contributed by atoms with Crippen molar-refractivity contribution in [1.29, 1.82) is 0 Å². The normalized spacial score (nSPS) is 14.1. The second kappa shape index (κ2) is 3.84. The molecule has 0 spiro atoms. The number of nitrogens with zero attached hydrogens (tertiary/aromatic N) is 1. The van der Waals surface area contributed by atoms with E-state index in [0.29, 0.717) is 14.7 Å². The van der Waals surface area contributed by atoms with Gasteiger partial charge in [-0.1, -0.05) is 6.07 Å². The number of halogens is 3. The third-order valence-corrected chi connectivity index (χ3v) is 2.76. The molecule has 0 atom stereocenters. The minimum Gasteiger partial charge on any atom is -0.416 e. The van der Waals surface area contributed by atoms with E-state index in [9.17, 15) is 13.6 Å². The van der Waals surface area contributed by atoms with Gasteiger partial charge in [-0.25, -0.2) is 0 Å². The molecule has 0 N–H and O–H groups in total. The van der Waals surface area contributed by atoms with Gasteiger partial charge in [0.25, 0.3) is 5.91 Å². The molecule has 1 aromatic rings. The SMILES string of the molecule is O=C1N=C(OC(F)F)c2c(I)cccc21. The first-order valence-electron chi connectivity index (χ1n) is 3.96. The van der Waals surface area contributed by atoms with E-state index in [4.69, 9.17) is 0 Å². The molecule has 0 fully saturated rings. The molecule has 0 saturated carbocycles. The number of benzene rings is 1. The van der Waals surface area contributed by atoms with Crippen LogP contribution in [0.4, 0.5) is 8.78 Å². The molecule has 1 aromatic carbocycles. The number of ether oxygens (including phenoxy) is 1. The molecule has 0 unspecified atom stereocenters. The van der Waals surface area contributed by atoms with Gasteiger partial charge in [-0.3, -0.25) is 4.79 Å². The topological polar surface area (TPSA) is 38.7 Å². The van der Waals surface area contributed by atoms with Crippen LogP contribution in [0.25, 0.3) is 0 Å². The van der Waals surface area contributed by atoms with E-state index in [-0.39, 0.29) is 5.90 Å². The van der Waals surface area contributed by atoms with Gasteiger partial charge in [0.15, 0.2) is 0 Å². The van der Waals surface area contributed by atoms with Crippen LogP contribution in [0.15, 0.2) is 23.2 Å². The maximum atomic E-state index is 12.0. The molecule has 0 bridgehead atoms. The lowest BCUT2D eigenvalue weighted by atomic mass is 10.1. The van der Waals surface area contributed by atoms with Crippen LogP contribution in [0.2, 0.25) is 0 Å². The summed E-state index contributed by atoms with van der Waals surface area (Å²) in [6, 6.07) is 4.90. The van der Waals surface area contributed by atoms with Crippen LogP contribution < -0.4 is 0 Å². The van der Waals surface area contributed by atoms with Crippen LogP contribution in [0, 0.1) is 3.57 Å². The maximum absolute atomic E-state index is 12.0. The minimum absolute atomic E-state index is 0.296. The van der Waals surface area contributed by atoms with Crippen molar-refractivity contribution in [2.45, 2.75) is 6.61 Å². The van der Waals surface area contributed by atoms with Gasteiger partial charge in [-0.05, 0) is 34.7 Å². The third kappa shape index (κ3) is 1.85. The van der Waals surface area contributed by atoms with Gasteiger partial charge in [-0.2, -0.15) is 13.8 Å². The van der Waals surface area contributed by atoms with E-state index in [1.165, 1.54) is 6.07 Å². The van der Waals surface area contributed by atoms with Crippen molar-refractivity contribution in [3.8, 4) is 0 Å². The predicted octanol–water partition coefficient (Wildman–Crippen LogP) is 2.43. The van der Waals surface area contributed by atoms with Crippen LogP contribution >= 0.6 is 22.6 Å². The summed E-state index contributed by atoms with van der Waals surface area (Å²) in [5, 5.41) is 0. The highest BCUT2D eigenvalue weighted by Crippen LogP contribution is 2.25. The van der Waals surface area contributed by atoms with Crippen molar-refractivity contribution in [2.24, 2.45) is 4.99 Å². The second-order valence-corrected chi connectivity index (χ2v) is 3.93. The zero-order valence-electron chi connectivity index (χ0n) is 7.21. The van der Waals surface area contributed by atoms with Gasteiger partial charge >= 0.3 is 6.61 Å². The van der Waals surface area contributed by atoms with Gasteiger partial charge in [0, 0.05) is 3.57 Å².